The van der Waals surface area contributed by atoms with Gasteiger partial charge >= 0.3 is 0 Å². The fourth-order valence-electron chi connectivity index (χ4n) is 2.95. The van der Waals surface area contributed by atoms with Crippen molar-refractivity contribution in [3.05, 3.63) is 40.8 Å². The molecule has 1 aliphatic carbocycles. The van der Waals surface area contributed by atoms with E-state index in [0.717, 1.165) is 34.8 Å². The Balaban J connectivity index is 1.52. The lowest BCUT2D eigenvalue weighted by Crippen LogP contribution is -2.32. The maximum atomic E-state index is 12.4. The summed E-state index contributed by atoms with van der Waals surface area (Å²) in [5.41, 5.74) is 0.978. The topological polar surface area (TPSA) is 64.6 Å². The van der Waals surface area contributed by atoms with E-state index in [1.165, 1.54) is 11.3 Å². The molecule has 0 amide bonds. The summed E-state index contributed by atoms with van der Waals surface area (Å²) in [5.74, 6) is 1.51. The molecule has 1 aliphatic heterocycles. The molecule has 1 N–H and O–H groups in total. The van der Waals surface area contributed by atoms with E-state index in [0.29, 0.717) is 24.0 Å². The number of aryl methyl sites for hydroxylation is 1. The molecule has 4 rings (SSSR count). The maximum Gasteiger partial charge on any atom is 0.250 e. The van der Waals surface area contributed by atoms with Gasteiger partial charge in [-0.25, -0.2) is 13.1 Å². The Morgan fingerprint density at radius 3 is 2.54 bits per heavy atom. The zero-order valence-electron chi connectivity index (χ0n) is 13.4. The van der Waals surface area contributed by atoms with Crippen molar-refractivity contribution in [1.82, 2.24) is 4.72 Å². The Morgan fingerprint density at radius 2 is 1.88 bits per heavy atom. The van der Waals surface area contributed by atoms with Gasteiger partial charge in [-0.05, 0) is 49.6 Å². The standard InChI is InChI=1S/C17H19NO4S2/c1-12-2-5-16(23-12)24(19,20)18-11-17(6-7-17)13-3-4-14-15(10-13)22-9-8-21-14/h2-5,10,18H,6-9,11H2,1H3. The van der Waals surface area contributed by atoms with Crippen molar-refractivity contribution in [1.29, 1.82) is 0 Å². The molecule has 2 aromatic rings. The molecule has 1 fully saturated rings. The Hall–Kier alpha value is -1.57. The molecule has 24 heavy (non-hydrogen) atoms. The summed E-state index contributed by atoms with van der Waals surface area (Å²) in [6.45, 7) is 3.43. The lowest BCUT2D eigenvalue weighted by molar-refractivity contribution is 0.171. The molecule has 5 nitrogen and oxygen atoms in total. The van der Waals surface area contributed by atoms with Crippen LogP contribution < -0.4 is 14.2 Å². The first-order valence-electron chi connectivity index (χ1n) is 7.95. The van der Waals surface area contributed by atoms with Crippen LogP contribution in [0.1, 0.15) is 23.3 Å². The van der Waals surface area contributed by atoms with Crippen molar-refractivity contribution in [2.45, 2.75) is 29.4 Å². The molecule has 0 saturated heterocycles. The van der Waals surface area contributed by atoms with E-state index in [1.54, 1.807) is 6.07 Å². The van der Waals surface area contributed by atoms with Crippen LogP contribution in [0.25, 0.3) is 0 Å². The highest BCUT2D eigenvalue weighted by Crippen LogP contribution is 2.49. The van der Waals surface area contributed by atoms with Gasteiger partial charge in [-0.3, -0.25) is 0 Å². The summed E-state index contributed by atoms with van der Waals surface area (Å²) < 4.78 is 39.2. The van der Waals surface area contributed by atoms with Gasteiger partial charge in [0.2, 0.25) is 10.0 Å². The van der Waals surface area contributed by atoms with Crippen molar-refractivity contribution >= 4 is 21.4 Å². The molecule has 0 radical (unpaired) electrons. The van der Waals surface area contributed by atoms with E-state index in [1.807, 2.05) is 31.2 Å². The molecule has 1 saturated carbocycles. The third kappa shape index (κ3) is 2.92. The van der Waals surface area contributed by atoms with Crippen LogP contribution in [0.5, 0.6) is 11.5 Å². The zero-order valence-corrected chi connectivity index (χ0v) is 15.0. The van der Waals surface area contributed by atoms with Crippen molar-refractivity contribution in [2.75, 3.05) is 19.8 Å². The summed E-state index contributed by atoms with van der Waals surface area (Å²) in [6.07, 6.45) is 1.94. The van der Waals surface area contributed by atoms with Gasteiger partial charge in [0, 0.05) is 16.8 Å². The Bertz CT molecular complexity index is 868. The molecule has 0 bridgehead atoms. The molecule has 7 heteroatoms. The van der Waals surface area contributed by atoms with Crippen LogP contribution in [-0.4, -0.2) is 28.2 Å². The van der Waals surface area contributed by atoms with E-state index in [4.69, 9.17) is 9.47 Å². The average Bonchev–Trinajstić information content (AvgIpc) is 3.26. The number of sulfonamides is 1. The Kier molecular flexibility index (Phi) is 3.82. The normalized spacial score (nSPS) is 18.4. The van der Waals surface area contributed by atoms with Crippen LogP contribution in [0.15, 0.2) is 34.5 Å². The molecule has 0 atom stereocenters. The van der Waals surface area contributed by atoms with Gasteiger partial charge < -0.3 is 9.47 Å². The molecule has 0 unspecified atom stereocenters. The summed E-state index contributed by atoms with van der Waals surface area (Å²) in [6, 6.07) is 9.41. The van der Waals surface area contributed by atoms with Gasteiger partial charge in [-0.15, -0.1) is 11.3 Å². The number of nitrogens with one attached hydrogen (secondary N) is 1. The molecule has 0 spiro atoms. The molecular formula is C17H19NO4S2. The highest BCUT2D eigenvalue weighted by Gasteiger charge is 2.45. The van der Waals surface area contributed by atoms with Crippen LogP contribution in [0, 0.1) is 6.92 Å². The number of hydrogen-bond donors (Lipinski definition) is 1. The quantitative estimate of drug-likeness (QED) is 0.885. The van der Waals surface area contributed by atoms with Gasteiger partial charge in [0.15, 0.2) is 11.5 Å². The average molecular weight is 365 g/mol. The third-order valence-corrected chi connectivity index (χ3v) is 7.48. The van der Waals surface area contributed by atoms with Crippen molar-refractivity contribution in [2.24, 2.45) is 0 Å². The van der Waals surface area contributed by atoms with E-state index in [2.05, 4.69) is 4.72 Å². The number of rotatable bonds is 5. The third-order valence-electron chi connectivity index (χ3n) is 4.59. The van der Waals surface area contributed by atoms with Gasteiger partial charge in [0.1, 0.15) is 17.4 Å². The highest BCUT2D eigenvalue weighted by atomic mass is 32.2. The molecule has 2 aliphatic rings. The van der Waals surface area contributed by atoms with Crippen molar-refractivity contribution < 1.29 is 17.9 Å². The smallest absolute Gasteiger partial charge is 0.250 e. The molecule has 128 valence electrons. The fourth-order valence-corrected chi connectivity index (χ4v) is 5.41. The van der Waals surface area contributed by atoms with Crippen LogP contribution in [0.4, 0.5) is 0 Å². The summed E-state index contributed by atoms with van der Waals surface area (Å²) in [4.78, 5) is 0.989. The van der Waals surface area contributed by atoms with Gasteiger partial charge in [-0.1, -0.05) is 6.07 Å². The first-order chi connectivity index (χ1) is 11.5. The van der Waals surface area contributed by atoms with Gasteiger partial charge in [0.25, 0.3) is 0 Å². The van der Waals surface area contributed by atoms with Crippen molar-refractivity contribution in [3.63, 3.8) is 0 Å². The minimum atomic E-state index is -3.45. The number of benzene rings is 1. The van der Waals surface area contributed by atoms with Gasteiger partial charge in [0.05, 0.1) is 0 Å². The minimum absolute atomic E-state index is 0.130. The summed E-state index contributed by atoms with van der Waals surface area (Å²) >= 11 is 1.29. The fraction of sp³-hybridized carbons (Fsp3) is 0.412. The SMILES string of the molecule is Cc1ccc(S(=O)(=O)NCC2(c3ccc4c(c3)OCCO4)CC2)s1. The van der Waals surface area contributed by atoms with Gasteiger partial charge in [-0.2, -0.15) is 0 Å². The number of fused-ring (bicyclic) bond motifs is 1. The predicted molar refractivity (Wildman–Crippen MR) is 92.6 cm³/mol. The number of hydrogen-bond acceptors (Lipinski definition) is 5. The number of thiophene rings is 1. The lowest BCUT2D eigenvalue weighted by Gasteiger charge is -2.22. The summed E-state index contributed by atoms with van der Waals surface area (Å²) in [7, 11) is -3.45. The molecule has 2 heterocycles. The Labute approximate surface area is 145 Å². The van der Waals surface area contributed by atoms with E-state index < -0.39 is 10.0 Å². The molecule has 1 aromatic heterocycles. The van der Waals surface area contributed by atoms with Crippen LogP contribution in [0.3, 0.4) is 0 Å². The predicted octanol–water partition coefficient (Wildman–Crippen LogP) is 2.84. The second-order valence-corrected chi connectivity index (χ2v) is 9.61. The van der Waals surface area contributed by atoms with Crippen LogP contribution >= 0.6 is 11.3 Å². The maximum absolute atomic E-state index is 12.4. The Morgan fingerprint density at radius 1 is 1.12 bits per heavy atom. The molecule has 1 aromatic carbocycles. The van der Waals surface area contributed by atoms with Crippen molar-refractivity contribution in [3.8, 4) is 11.5 Å². The summed E-state index contributed by atoms with van der Waals surface area (Å²) in [5, 5.41) is 0. The number of ether oxygens (including phenoxy) is 2. The van der Waals surface area contributed by atoms with Crippen LogP contribution in [0.2, 0.25) is 0 Å². The highest BCUT2D eigenvalue weighted by molar-refractivity contribution is 7.91. The minimum Gasteiger partial charge on any atom is -0.486 e. The van der Waals surface area contributed by atoms with E-state index in [-0.39, 0.29) is 5.41 Å². The zero-order chi connectivity index (χ0) is 16.8. The first-order valence-corrected chi connectivity index (χ1v) is 10.2. The largest absolute Gasteiger partial charge is 0.486 e. The van der Waals surface area contributed by atoms with E-state index >= 15 is 0 Å². The first kappa shape index (κ1) is 15.9. The molecular weight excluding hydrogens is 346 g/mol. The monoisotopic (exact) mass is 365 g/mol. The lowest BCUT2D eigenvalue weighted by atomic mass is 9.96. The second-order valence-electron chi connectivity index (χ2n) is 6.33. The van der Waals surface area contributed by atoms with E-state index in [9.17, 15) is 8.42 Å². The second kappa shape index (κ2) is 5.75. The van der Waals surface area contributed by atoms with Crippen LogP contribution in [-0.2, 0) is 15.4 Å².